The first kappa shape index (κ1) is 15.9. The molecule has 1 heterocycles. The van der Waals surface area contributed by atoms with Crippen LogP contribution in [-0.2, 0) is 13.1 Å². The maximum atomic E-state index is 5.69. The van der Waals surface area contributed by atoms with Crippen molar-refractivity contribution in [1.29, 1.82) is 0 Å². The molecule has 0 saturated heterocycles. The smallest absolute Gasteiger partial charge is 0.229 e. The molecule has 1 saturated carbocycles. The molecule has 0 atom stereocenters. The van der Waals surface area contributed by atoms with Gasteiger partial charge in [0.1, 0.15) is 0 Å². The monoisotopic (exact) mass is 308 g/mol. The van der Waals surface area contributed by atoms with Gasteiger partial charge in [-0.05, 0) is 18.4 Å². The van der Waals surface area contributed by atoms with Crippen LogP contribution in [0, 0.1) is 0 Å². The molecule has 2 N–H and O–H groups in total. The van der Waals surface area contributed by atoms with Crippen LogP contribution in [0.5, 0.6) is 0 Å². The van der Waals surface area contributed by atoms with Gasteiger partial charge in [0, 0.05) is 25.6 Å². The minimum atomic E-state index is 0. The molecule has 0 aliphatic heterocycles. The molecular formula is C15H21ClN4O. The van der Waals surface area contributed by atoms with E-state index in [1.54, 1.807) is 0 Å². The minimum absolute atomic E-state index is 0. The Morgan fingerprint density at radius 3 is 2.62 bits per heavy atom. The predicted octanol–water partition coefficient (Wildman–Crippen LogP) is 2.33. The maximum Gasteiger partial charge on any atom is 0.229 e. The highest BCUT2D eigenvalue weighted by molar-refractivity contribution is 5.85. The summed E-state index contributed by atoms with van der Waals surface area (Å²) in [4.78, 5) is 6.72. The van der Waals surface area contributed by atoms with Crippen LogP contribution < -0.4 is 5.73 Å². The zero-order valence-electron chi connectivity index (χ0n) is 11.9. The first-order chi connectivity index (χ1) is 9.85. The number of hydrogen-bond acceptors (Lipinski definition) is 5. The lowest BCUT2D eigenvalue weighted by atomic mass is 10.2. The number of benzene rings is 1. The summed E-state index contributed by atoms with van der Waals surface area (Å²) in [5.74, 6) is 2.07. The first-order valence-corrected chi connectivity index (χ1v) is 7.14. The lowest BCUT2D eigenvalue weighted by Gasteiger charge is -2.19. The normalized spacial score (nSPS) is 14.2. The van der Waals surface area contributed by atoms with Gasteiger partial charge in [0.2, 0.25) is 5.89 Å². The fourth-order valence-corrected chi connectivity index (χ4v) is 2.27. The number of aromatic nitrogens is 2. The fraction of sp³-hybridized carbons (Fsp3) is 0.467. The average Bonchev–Trinajstić information content (AvgIpc) is 3.21. The van der Waals surface area contributed by atoms with E-state index in [9.17, 15) is 0 Å². The Hall–Kier alpha value is -1.43. The van der Waals surface area contributed by atoms with Crippen molar-refractivity contribution in [1.82, 2.24) is 15.0 Å². The standard InChI is InChI=1S/C15H20N4O.ClH/c16-8-9-19(10-12-4-2-1-3-5-12)11-14-17-15(20-18-14)13-6-7-13;/h1-5,13H,6-11,16H2;1H. The van der Waals surface area contributed by atoms with Crippen LogP contribution in [0.1, 0.15) is 36.0 Å². The van der Waals surface area contributed by atoms with Crippen molar-refractivity contribution < 1.29 is 4.52 Å². The molecular weight excluding hydrogens is 288 g/mol. The average molecular weight is 309 g/mol. The first-order valence-electron chi connectivity index (χ1n) is 7.14. The van der Waals surface area contributed by atoms with Gasteiger partial charge in [-0.15, -0.1) is 12.4 Å². The van der Waals surface area contributed by atoms with Crippen molar-refractivity contribution in [2.45, 2.75) is 31.8 Å². The summed E-state index contributed by atoms with van der Waals surface area (Å²) in [6.45, 7) is 2.98. The van der Waals surface area contributed by atoms with E-state index in [-0.39, 0.29) is 12.4 Å². The van der Waals surface area contributed by atoms with Crippen molar-refractivity contribution in [3.05, 3.63) is 47.6 Å². The van der Waals surface area contributed by atoms with Crippen molar-refractivity contribution in [2.75, 3.05) is 13.1 Å². The molecule has 2 aromatic rings. The van der Waals surface area contributed by atoms with E-state index in [1.807, 2.05) is 6.07 Å². The summed E-state index contributed by atoms with van der Waals surface area (Å²) >= 11 is 0. The Balaban J connectivity index is 0.00000161. The lowest BCUT2D eigenvalue weighted by molar-refractivity contribution is 0.252. The molecule has 0 unspecified atom stereocenters. The second-order valence-corrected chi connectivity index (χ2v) is 5.31. The summed E-state index contributed by atoms with van der Waals surface area (Å²) in [7, 11) is 0. The van der Waals surface area contributed by atoms with E-state index in [4.69, 9.17) is 10.3 Å². The van der Waals surface area contributed by atoms with Crippen LogP contribution in [0.2, 0.25) is 0 Å². The van der Waals surface area contributed by atoms with Crippen LogP contribution in [-0.4, -0.2) is 28.1 Å². The van der Waals surface area contributed by atoms with Crippen LogP contribution in [0.15, 0.2) is 34.9 Å². The molecule has 5 nitrogen and oxygen atoms in total. The van der Waals surface area contributed by atoms with Crippen molar-refractivity contribution >= 4 is 12.4 Å². The van der Waals surface area contributed by atoms with Gasteiger partial charge in [0.05, 0.1) is 6.54 Å². The topological polar surface area (TPSA) is 68.2 Å². The zero-order valence-corrected chi connectivity index (χ0v) is 12.8. The summed E-state index contributed by atoms with van der Waals surface area (Å²) in [6.07, 6.45) is 2.36. The minimum Gasteiger partial charge on any atom is -0.339 e. The molecule has 3 rings (SSSR count). The summed E-state index contributed by atoms with van der Waals surface area (Å²) in [5.41, 5.74) is 6.96. The third-order valence-corrected chi connectivity index (χ3v) is 3.47. The van der Waals surface area contributed by atoms with Crippen LogP contribution >= 0.6 is 12.4 Å². The molecule has 1 aromatic heterocycles. The number of nitrogens with two attached hydrogens (primary N) is 1. The molecule has 0 bridgehead atoms. The maximum absolute atomic E-state index is 5.69. The number of hydrogen-bond donors (Lipinski definition) is 1. The Morgan fingerprint density at radius 1 is 1.19 bits per heavy atom. The summed E-state index contributed by atoms with van der Waals surface area (Å²) < 4.78 is 5.30. The largest absolute Gasteiger partial charge is 0.339 e. The number of nitrogens with zero attached hydrogens (tertiary/aromatic N) is 3. The fourth-order valence-electron chi connectivity index (χ4n) is 2.27. The molecule has 0 amide bonds. The van der Waals surface area contributed by atoms with Gasteiger partial charge in [-0.2, -0.15) is 4.98 Å². The Kier molecular flexibility index (Phi) is 5.73. The van der Waals surface area contributed by atoms with E-state index in [0.717, 1.165) is 24.8 Å². The highest BCUT2D eigenvalue weighted by atomic mass is 35.5. The molecule has 1 aliphatic carbocycles. The third-order valence-electron chi connectivity index (χ3n) is 3.47. The second-order valence-electron chi connectivity index (χ2n) is 5.31. The highest BCUT2D eigenvalue weighted by Gasteiger charge is 2.29. The van der Waals surface area contributed by atoms with Gasteiger partial charge in [-0.3, -0.25) is 4.90 Å². The molecule has 114 valence electrons. The van der Waals surface area contributed by atoms with Gasteiger partial charge < -0.3 is 10.3 Å². The molecule has 21 heavy (non-hydrogen) atoms. The SMILES string of the molecule is Cl.NCCN(Cc1ccccc1)Cc1noc(C2CC2)n1. The third kappa shape index (κ3) is 4.52. The van der Waals surface area contributed by atoms with Crippen molar-refractivity contribution in [3.63, 3.8) is 0 Å². The summed E-state index contributed by atoms with van der Waals surface area (Å²) in [6, 6.07) is 10.4. The van der Waals surface area contributed by atoms with Crippen LogP contribution in [0.3, 0.4) is 0 Å². The van der Waals surface area contributed by atoms with E-state index < -0.39 is 0 Å². The lowest BCUT2D eigenvalue weighted by Crippen LogP contribution is -2.29. The van der Waals surface area contributed by atoms with Crippen molar-refractivity contribution in [2.24, 2.45) is 5.73 Å². The zero-order chi connectivity index (χ0) is 13.8. The van der Waals surface area contributed by atoms with Crippen molar-refractivity contribution in [3.8, 4) is 0 Å². The molecule has 0 spiro atoms. The highest BCUT2D eigenvalue weighted by Crippen LogP contribution is 2.38. The Labute approximate surface area is 130 Å². The van der Waals surface area contributed by atoms with Gasteiger partial charge >= 0.3 is 0 Å². The summed E-state index contributed by atoms with van der Waals surface area (Å²) in [5, 5.41) is 4.07. The predicted molar refractivity (Wildman–Crippen MR) is 83.1 cm³/mol. The van der Waals surface area contributed by atoms with Gasteiger partial charge in [0.25, 0.3) is 0 Å². The van der Waals surface area contributed by atoms with E-state index in [0.29, 0.717) is 19.0 Å². The van der Waals surface area contributed by atoms with Crippen LogP contribution in [0.4, 0.5) is 0 Å². The van der Waals surface area contributed by atoms with E-state index in [2.05, 4.69) is 39.3 Å². The molecule has 0 radical (unpaired) electrons. The Bertz CT molecular complexity index is 542. The second kappa shape index (κ2) is 7.54. The quantitative estimate of drug-likeness (QED) is 0.850. The molecule has 1 aliphatic rings. The van der Waals surface area contributed by atoms with Gasteiger partial charge in [-0.1, -0.05) is 35.5 Å². The van der Waals surface area contributed by atoms with Gasteiger partial charge in [-0.25, -0.2) is 0 Å². The molecule has 6 heteroatoms. The Morgan fingerprint density at radius 2 is 1.95 bits per heavy atom. The molecule has 1 aromatic carbocycles. The molecule has 1 fully saturated rings. The number of rotatable bonds is 7. The van der Waals surface area contributed by atoms with E-state index >= 15 is 0 Å². The van der Waals surface area contributed by atoms with Crippen LogP contribution in [0.25, 0.3) is 0 Å². The van der Waals surface area contributed by atoms with E-state index in [1.165, 1.54) is 18.4 Å². The number of halogens is 1. The van der Waals surface area contributed by atoms with Gasteiger partial charge in [0.15, 0.2) is 5.82 Å².